The van der Waals surface area contributed by atoms with Crippen LogP contribution in [0.2, 0.25) is 0 Å². The molecule has 0 amide bonds. The van der Waals surface area contributed by atoms with Gasteiger partial charge in [-0.1, -0.05) is 23.8 Å². The molecule has 1 fully saturated rings. The van der Waals surface area contributed by atoms with Crippen LogP contribution in [0.3, 0.4) is 0 Å². The summed E-state index contributed by atoms with van der Waals surface area (Å²) in [6.07, 6.45) is 6.01. The molecule has 1 aliphatic heterocycles. The van der Waals surface area contributed by atoms with Gasteiger partial charge in [0.25, 0.3) is 0 Å². The average molecular weight is 253 g/mol. The molecule has 3 heteroatoms. The second-order valence-electron chi connectivity index (χ2n) is 5.20. The number of aromatic nitrogens is 2. The topological polar surface area (TPSA) is 37.8 Å². The fourth-order valence-corrected chi connectivity index (χ4v) is 2.75. The maximum atomic E-state index is 4.61. The molecule has 1 aliphatic rings. The van der Waals surface area contributed by atoms with Crippen molar-refractivity contribution < 1.29 is 0 Å². The lowest BCUT2D eigenvalue weighted by atomic mass is 9.92. The third-order valence-electron chi connectivity index (χ3n) is 3.70. The molecular formula is C16H19N3. The van der Waals surface area contributed by atoms with Crippen molar-refractivity contribution in [2.45, 2.75) is 25.7 Å². The first-order valence-electron chi connectivity index (χ1n) is 6.93. The summed E-state index contributed by atoms with van der Waals surface area (Å²) in [5.74, 6) is 0.484. The van der Waals surface area contributed by atoms with E-state index in [2.05, 4.69) is 46.5 Å². The van der Waals surface area contributed by atoms with Gasteiger partial charge in [-0.15, -0.1) is 0 Å². The summed E-state index contributed by atoms with van der Waals surface area (Å²) in [5, 5.41) is 3.46. The second kappa shape index (κ2) is 5.49. The average Bonchev–Trinajstić information content (AvgIpc) is 2.48. The highest BCUT2D eigenvalue weighted by atomic mass is 14.9. The van der Waals surface area contributed by atoms with Crippen LogP contribution in [0.15, 0.2) is 36.7 Å². The molecule has 0 radical (unpaired) electrons. The Morgan fingerprint density at radius 2 is 2.11 bits per heavy atom. The lowest BCUT2D eigenvalue weighted by molar-refractivity contribution is 0.454. The quantitative estimate of drug-likeness (QED) is 0.894. The number of rotatable bonds is 2. The normalized spacial score (nSPS) is 19.3. The highest BCUT2D eigenvalue weighted by molar-refractivity contribution is 5.63. The van der Waals surface area contributed by atoms with Gasteiger partial charge in [-0.25, -0.2) is 0 Å². The summed E-state index contributed by atoms with van der Waals surface area (Å²) in [5.41, 5.74) is 4.62. The molecule has 2 aromatic rings. The standard InChI is InChI=1S/C16H19N3/c1-12-4-2-5-13(10-12)15-16(19-9-8-18-15)14-6-3-7-17-11-14/h2,4-5,8-10,14,17H,3,6-7,11H2,1H3. The van der Waals surface area contributed by atoms with Crippen molar-refractivity contribution in [1.82, 2.24) is 15.3 Å². The van der Waals surface area contributed by atoms with Gasteiger partial charge in [0.05, 0.1) is 11.4 Å². The van der Waals surface area contributed by atoms with E-state index in [1.54, 1.807) is 6.20 Å². The summed E-state index contributed by atoms with van der Waals surface area (Å²) in [7, 11) is 0. The Bertz CT molecular complexity index is 559. The monoisotopic (exact) mass is 253 g/mol. The van der Waals surface area contributed by atoms with E-state index < -0.39 is 0 Å². The molecule has 0 spiro atoms. The van der Waals surface area contributed by atoms with Crippen molar-refractivity contribution in [3.05, 3.63) is 47.9 Å². The third-order valence-corrected chi connectivity index (χ3v) is 3.70. The highest BCUT2D eigenvalue weighted by Crippen LogP contribution is 2.29. The molecule has 1 atom stereocenters. The van der Waals surface area contributed by atoms with E-state index in [0.717, 1.165) is 24.5 Å². The van der Waals surface area contributed by atoms with Crippen molar-refractivity contribution in [2.24, 2.45) is 0 Å². The van der Waals surface area contributed by atoms with Crippen LogP contribution in [0, 0.1) is 6.92 Å². The SMILES string of the molecule is Cc1cccc(-c2nccnc2C2CCCNC2)c1. The minimum Gasteiger partial charge on any atom is -0.316 e. The van der Waals surface area contributed by atoms with E-state index in [1.807, 2.05) is 6.20 Å². The predicted octanol–water partition coefficient (Wildman–Crippen LogP) is 2.92. The Balaban J connectivity index is 2.01. The van der Waals surface area contributed by atoms with Crippen LogP contribution in [0.1, 0.15) is 30.0 Å². The van der Waals surface area contributed by atoms with Gasteiger partial charge in [0.1, 0.15) is 0 Å². The highest BCUT2D eigenvalue weighted by Gasteiger charge is 2.20. The maximum absolute atomic E-state index is 4.61. The molecular weight excluding hydrogens is 234 g/mol. The van der Waals surface area contributed by atoms with Crippen LogP contribution in [0.4, 0.5) is 0 Å². The molecule has 1 saturated heterocycles. The molecule has 1 N–H and O–H groups in total. The van der Waals surface area contributed by atoms with Crippen LogP contribution in [0.25, 0.3) is 11.3 Å². The maximum Gasteiger partial charge on any atom is 0.0920 e. The zero-order valence-electron chi connectivity index (χ0n) is 11.3. The first-order chi connectivity index (χ1) is 9.34. The van der Waals surface area contributed by atoms with Gasteiger partial charge in [-0.2, -0.15) is 0 Å². The number of hydrogen-bond acceptors (Lipinski definition) is 3. The summed E-state index contributed by atoms with van der Waals surface area (Å²) in [6, 6.07) is 8.50. The van der Waals surface area contributed by atoms with Crippen LogP contribution in [-0.2, 0) is 0 Å². The Hall–Kier alpha value is -1.74. The van der Waals surface area contributed by atoms with Crippen molar-refractivity contribution >= 4 is 0 Å². The smallest absolute Gasteiger partial charge is 0.0920 e. The van der Waals surface area contributed by atoms with Crippen LogP contribution >= 0.6 is 0 Å². The summed E-state index contributed by atoms with van der Waals surface area (Å²) in [4.78, 5) is 9.18. The summed E-state index contributed by atoms with van der Waals surface area (Å²) < 4.78 is 0. The van der Waals surface area contributed by atoms with Gasteiger partial charge in [-0.05, 0) is 32.4 Å². The van der Waals surface area contributed by atoms with E-state index in [4.69, 9.17) is 0 Å². The van der Waals surface area contributed by atoms with Crippen molar-refractivity contribution in [3.63, 3.8) is 0 Å². The molecule has 1 aromatic carbocycles. The predicted molar refractivity (Wildman–Crippen MR) is 77.0 cm³/mol. The third kappa shape index (κ3) is 2.66. The van der Waals surface area contributed by atoms with Crippen molar-refractivity contribution in [2.75, 3.05) is 13.1 Å². The molecule has 2 heterocycles. The first kappa shape index (κ1) is 12.3. The van der Waals surface area contributed by atoms with Gasteiger partial charge >= 0.3 is 0 Å². The van der Waals surface area contributed by atoms with Gasteiger partial charge in [0.2, 0.25) is 0 Å². The molecule has 0 aliphatic carbocycles. The minimum absolute atomic E-state index is 0.484. The minimum atomic E-state index is 0.484. The number of nitrogens with zero attached hydrogens (tertiary/aromatic N) is 2. The number of hydrogen-bond donors (Lipinski definition) is 1. The first-order valence-corrected chi connectivity index (χ1v) is 6.93. The fraction of sp³-hybridized carbons (Fsp3) is 0.375. The fourth-order valence-electron chi connectivity index (χ4n) is 2.75. The lowest BCUT2D eigenvalue weighted by Gasteiger charge is -2.23. The Morgan fingerprint density at radius 3 is 2.89 bits per heavy atom. The zero-order valence-corrected chi connectivity index (χ0v) is 11.3. The van der Waals surface area contributed by atoms with E-state index in [9.17, 15) is 0 Å². The van der Waals surface area contributed by atoms with E-state index in [-0.39, 0.29) is 0 Å². The number of piperidine rings is 1. The lowest BCUT2D eigenvalue weighted by Crippen LogP contribution is -2.29. The Labute approximate surface area is 114 Å². The molecule has 0 saturated carbocycles. The Kier molecular flexibility index (Phi) is 3.56. The Morgan fingerprint density at radius 1 is 1.21 bits per heavy atom. The second-order valence-corrected chi connectivity index (χ2v) is 5.20. The van der Waals surface area contributed by atoms with Gasteiger partial charge < -0.3 is 5.32 Å². The van der Waals surface area contributed by atoms with Gasteiger partial charge in [0.15, 0.2) is 0 Å². The zero-order chi connectivity index (χ0) is 13.1. The number of aryl methyl sites for hydroxylation is 1. The van der Waals surface area contributed by atoms with Crippen LogP contribution in [0.5, 0.6) is 0 Å². The molecule has 1 aromatic heterocycles. The van der Waals surface area contributed by atoms with Crippen LogP contribution < -0.4 is 5.32 Å². The number of nitrogens with one attached hydrogen (secondary N) is 1. The molecule has 19 heavy (non-hydrogen) atoms. The largest absolute Gasteiger partial charge is 0.316 e. The van der Waals surface area contributed by atoms with Gasteiger partial charge in [-0.3, -0.25) is 9.97 Å². The summed E-state index contributed by atoms with van der Waals surface area (Å²) in [6.45, 7) is 4.25. The van der Waals surface area contributed by atoms with E-state index >= 15 is 0 Å². The number of benzene rings is 1. The van der Waals surface area contributed by atoms with Crippen LogP contribution in [-0.4, -0.2) is 23.1 Å². The van der Waals surface area contributed by atoms with Crippen molar-refractivity contribution in [3.8, 4) is 11.3 Å². The molecule has 3 nitrogen and oxygen atoms in total. The van der Waals surface area contributed by atoms with Gasteiger partial charge in [0, 0.05) is 30.4 Å². The van der Waals surface area contributed by atoms with E-state index in [1.165, 1.54) is 24.0 Å². The summed E-state index contributed by atoms with van der Waals surface area (Å²) >= 11 is 0. The molecule has 98 valence electrons. The van der Waals surface area contributed by atoms with E-state index in [0.29, 0.717) is 5.92 Å². The van der Waals surface area contributed by atoms with Crippen molar-refractivity contribution in [1.29, 1.82) is 0 Å². The molecule has 1 unspecified atom stereocenters. The molecule has 0 bridgehead atoms. The molecule has 3 rings (SSSR count).